The summed E-state index contributed by atoms with van der Waals surface area (Å²) < 4.78 is 26.8. The average Bonchev–Trinajstić information content (AvgIpc) is 2.60. The predicted octanol–water partition coefficient (Wildman–Crippen LogP) is 5.02. The van der Waals surface area contributed by atoms with Gasteiger partial charge in [0.15, 0.2) is 9.84 Å². The van der Waals surface area contributed by atoms with Crippen molar-refractivity contribution in [2.75, 3.05) is 0 Å². The van der Waals surface area contributed by atoms with E-state index in [4.69, 9.17) is 0 Å². The topological polar surface area (TPSA) is 34.1 Å². The highest BCUT2D eigenvalue weighted by Crippen LogP contribution is 2.49. The van der Waals surface area contributed by atoms with Crippen molar-refractivity contribution in [3.05, 3.63) is 89.5 Å². The number of aryl methyl sites for hydroxylation is 1. The molecule has 1 heterocycles. The van der Waals surface area contributed by atoms with Crippen molar-refractivity contribution < 1.29 is 8.42 Å². The van der Waals surface area contributed by atoms with Crippen LogP contribution in [0.2, 0.25) is 0 Å². The van der Waals surface area contributed by atoms with E-state index < -0.39 is 15.1 Å². The van der Waals surface area contributed by atoms with E-state index >= 15 is 0 Å². The summed E-state index contributed by atoms with van der Waals surface area (Å²) in [7, 11) is -3.52. The maximum absolute atomic E-state index is 13.4. The van der Waals surface area contributed by atoms with Gasteiger partial charge in [-0.2, -0.15) is 0 Å². The second-order valence-corrected chi connectivity index (χ2v) is 9.04. The van der Waals surface area contributed by atoms with Gasteiger partial charge in [-0.3, -0.25) is 0 Å². The predicted molar refractivity (Wildman–Crippen MR) is 97.2 cm³/mol. The molecule has 4 heteroatoms. The van der Waals surface area contributed by atoms with Gasteiger partial charge >= 0.3 is 0 Å². The van der Waals surface area contributed by atoms with Gasteiger partial charge in [0.1, 0.15) is 5.25 Å². The normalized spacial score (nSPS) is 16.3. The van der Waals surface area contributed by atoms with Crippen molar-refractivity contribution in [1.29, 1.82) is 0 Å². The molecule has 3 aromatic rings. The molecule has 1 aliphatic rings. The summed E-state index contributed by atoms with van der Waals surface area (Å²) in [6.07, 6.45) is 0. The molecule has 0 aromatic heterocycles. The maximum Gasteiger partial charge on any atom is 0.189 e. The molecule has 0 bridgehead atoms. The van der Waals surface area contributed by atoms with E-state index in [0.29, 0.717) is 4.90 Å². The van der Waals surface area contributed by atoms with Gasteiger partial charge in [-0.1, -0.05) is 65.9 Å². The minimum Gasteiger partial charge on any atom is -0.223 e. The standard InChI is InChI=1S/C20H16O2S2/c1-14-11-12-19-17(13-14)20(16-9-5-6-10-18(16)23-19)24(21,22)15-7-3-2-4-8-15/h2-13,20H,1H3. The van der Waals surface area contributed by atoms with E-state index in [9.17, 15) is 8.42 Å². The molecule has 1 unspecified atom stereocenters. The summed E-state index contributed by atoms with van der Waals surface area (Å²) in [5.74, 6) is 0. The van der Waals surface area contributed by atoms with E-state index in [2.05, 4.69) is 0 Å². The Labute approximate surface area is 146 Å². The third-order valence-electron chi connectivity index (χ3n) is 4.25. The van der Waals surface area contributed by atoms with Crippen molar-refractivity contribution in [2.45, 2.75) is 26.9 Å². The lowest BCUT2D eigenvalue weighted by Crippen LogP contribution is -2.19. The molecule has 1 aliphatic heterocycles. The molecule has 0 saturated heterocycles. The lowest BCUT2D eigenvalue weighted by molar-refractivity contribution is 0.587. The number of hydrogen-bond donors (Lipinski definition) is 0. The van der Waals surface area contributed by atoms with Gasteiger partial charge < -0.3 is 0 Å². The van der Waals surface area contributed by atoms with E-state index in [1.807, 2.05) is 55.5 Å². The lowest BCUT2D eigenvalue weighted by Gasteiger charge is -2.28. The van der Waals surface area contributed by atoms with Crippen LogP contribution in [0.3, 0.4) is 0 Å². The average molecular weight is 352 g/mol. The van der Waals surface area contributed by atoms with Gasteiger partial charge in [-0.15, -0.1) is 0 Å². The van der Waals surface area contributed by atoms with Crippen molar-refractivity contribution in [2.24, 2.45) is 0 Å². The van der Waals surface area contributed by atoms with Crippen LogP contribution in [0.1, 0.15) is 21.9 Å². The number of hydrogen-bond acceptors (Lipinski definition) is 3. The van der Waals surface area contributed by atoms with Gasteiger partial charge in [-0.05, 0) is 42.3 Å². The van der Waals surface area contributed by atoms with E-state index in [1.54, 1.807) is 36.0 Å². The molecular weight excluding hydrogens is 336 g/mol. The van der Waals surface area contributed by atoms with Gasteiger partial charge in [0, 0.05) is 9.79 Å². The lowest BCUT2D eigenvalue weighted by atomic mass is 10.0. The summed E-state index contributed by atoms with van der Waals surface area (Å²) in [4.78, 5) is 2.39. The Morgan fingerprint density at radius 2 is 1.46 bits per heavy atom. The SMILES string of the molecule is Cc1ccc2c(c1)C(S(=O)(=O)c1ccccc1)c1ccccc1S2. The van der Waals surface area contributed by atoms with E-state index in [1.165, 1.54) is 0 Å². The highest BCUT2D eigenvalue weighted by Gasteiger charge is 2.36. The summed E-state index contributed by atoms with van der Waals surface area (Å²) in [5, 5.41) is -0.660. The van der Waals surface area contributed by atoms with Gasteiger partial charge in [0.05, 0.1) is 4.90 Å². The van der Waals surface area contributed by atoms with Crippen LogP contribution in [-0.2, 0) is 9.84 Å². The number of sulfone groups is 1. The van der Waals surface area contributed by atoms with Crippen molar-refractivity contribution in [1.82, 2.24) is 0 Å². The van der Waals surface area contributed by atoms with Gasteiger partial charge in [0.25, 0.3) is 0 Å². The zero-order valence-electron chi connectivity index (χ0n) is 13.1. The van der Waals surface area contributed by atoms with Crippen LogP contribution in [0.15, 0.2) is 87.5 Å². The quantitative estimate of drug-likeness (QED) is 0.649. The van der Waals surface area contributed by atoms with Crippen molar-refractivity contribution in [3.63, 3.8) is 0 Å². The van der Waals surface area contributed by atoms with Crippen LogP contribution in [0.4, 0.5) is 0 Å². The van der Waals surface area contributed by atoms with E-state index in [-0.39, 0.29) is 0 Å². The zero-order chi connectivity index (χ0) is 16.7. The first-order valence-corrected chi connectivity index (χ1v) is 10.1. The van der Waals surface area contributed by atoms with Crippen molar-refractivity contribution >= 4 is 21.6 Å². The Kier molecular flexibility index (Phi) is 3.74. The van der Waals surface area contributed by atoms with Gasteiger partial charge in [0.2, 0.25) is 0 Å². The minimum atomic E-state index is -3.52. The molecule has 0 radical (unpaired) electrons. The van der Waals surface area contributed by atoms with E-state index in [0.717, 1.165) is 26.5 Å². The molecule has 0 saturated carbocycles. The smallest absolute Gasteiger partial charge is 0.189 e. The largest absolute Gasteiger partial charge is 0.223 e. The molecule has 0 N–H and O–H groups in total. The Morgan fingerprint density at radius 1 is 0.792 bits per heavy atom. The summed E-state index contributed by atoms with van der Waals surface area (Å²) in [6, 6.07) is 22.6. The first kappa shape index (κ1) is 15.5. The molecule has 1 atom stereocenters. The number of rotatable bonds is 2. The zero-order valence-corrected chi connectivity index (χ0v) is 14.8. The number of fused-ring (bicyclic) bond motifs is 2. The Hall–Kier alpha value is -2.04. The molecule has 0 amide bonds. The molecular formula is C20H16O2S2. The summed E-state index contributed by atoms with van der Waals surface area (Å²) in [6.45, 7) is 2.00. The molecule has 0 aliphatic carbocycles. The molecule has 2 nitrogen and oxygen atoms in total. The van der Waals surface area contributed by atoms with Crippen LogP contribution >= 0.6 is 11.8 Å². The first-order chi connectivity index (χ1) is 11.6. The monoisotopic (exact) mass is 352 g/mol. The van der Waals surface area contributed by atoms with Crippen molar-refractivity contribution in [3.8, 4) is 0 Å². The third kappa shape index (κ3) is 2.46. The second kappa shape index (κ2) is 5.80. The van der Waals surface area contributed by atoms with Crippen LogP contribution in [-0.4, -0.2) is 8.42 Å². The highest BCUT2D eigenvalue weighted by molar-refractivity contribution is 7.99. The highest BCUT2D eigenvalue weighted by atomic mass is 32.2. The Balaban J connectivity index is 2.00. The Bertz CT molecular complexity index is 1010. The molecule has 3 aromatic carbocycles. The fraction of sp³-hybridized carbons (Fsp3) is 0.100. The molecule has 120 valence electrons. The van der Waals surface area contributed by atoms with Gasteiger partial charge in [-0.25, -0.2) is 8.42 Å². The van der Waals surface area contributed by atoms with Crippen LogP contribution < -0.4 is 0 Å². The Morgan fingerprint density at radius 3 is 2.25 bits per heavy atom. The molecule has 0 fully saturated rings. The molecule has 24 heavy (non-hydrogen) atoms. The van der Waals surface area contributed by atoms with Crippen LogP contribution in [0.25, 0.3) is 0 Å². The fourth-order valence-corrected chi connectivity index (χ4v) is 6.27. The number of benzene rings is 3. The first-order valence-electron chi connectivity index (χ1n) is 7.73. The minimum absolute atomic E-state index is 0.365. The molecule has 4 rings (SSSR count). The van der Waals surface area contributed by atoms with Crippen LogP contribution in [0.5, 0.6) is 0 Å². The maximum atomic E-state index is 13.4. The second-order valence-electron chi connectivity index (χ2n) is 5.92. The molecule has 0 spiro atoms. The third-order valence-corrected chi connectivity index (χ3v) is 7.49. The summed E-state index contributed by atoms with van der Waals surface area (Å²) in [5.41, 5.74) is 2.81. The summed E-state index contributed by atoms with van der Waals surface area (Å²) >= 11 is 1.64. The fourth-order valence-electron chi connectivity index (χ4n) is 3.12. The van der Waals surface area contributed by atoms with Crippen LogP contribution in [0, 0.1) is 6.92 Å².